The molecule has 1 N–H and O–H groups in total. The lowest BCUT2D eigenvalue weighted by molar-refractivity contribution is 0.199. The maximum absolute atomic E-state index is 5.05. The van der Waals surface area contributed by atoms with Gasteiger partial charge in [-0.05, 0) is 17.7 Å². The predicted molar refractivity (Wildman–Crippen MR) is 85.7 cm³/mol. The minimum absolute atomic E-state index is 0.559. The molecule has 112 valence electrons. The molecule has 0 bridgehead atoms. The van der Waals surface area contributed by atoms with Gasteiger partial charge < -0.3 is 10.1 Å². The van der Waals surface area contributed by atoms with Crippen LogP contribution in [0.2, 0.25) is 0 Å². The second-order valence-corrected chi connectivity index (χ2v) is 6.28. The summed E-state index contributed by atoms with van der Waals surface area (Å²) in [6.07, 6.45) is 1.89. The summed E-state index contributed by atoms with van der Waals surface area (Å²) >= 11 is 1.95. The Morgan fingerprint density at radius 1 is 1.38 bits per heavy atom. The molecule has 0 saturated carbocycles. The molecular formula is C16H21N3OS. The topological polar surface area (TPSA) is 39.1 Å². The van der Waals surface area contributed by atoms with E-state index in [1.54, 1.807) is 7.11 Å². The van der Waals surface area contributed by atoms with Gasteiger partial charge in [0.1, 0.15) is 0 Å². The molecule has 2 heterocycles. The molecule has 1 aliphatic rings. The largest absolute Gasteiger partial charge is 0.383 e. The van der Waals surface area contributed by atoms with Crippen molar-refractivity contribution >= 4 is 11.8 Å². The standard InChI is InChI=1S/C16H21N3OS/c1-20-9-8-17-10-14-6-7-18-19(14)11-13-12-21-16-5-3-2-4-15(13)16/h2-7,13,17H,8-12H2,1H3. The second-order valence-electron chi connectivity index (χ2n) is 5.22. The lowest BCUT2D eigenvalue weighted by Crippen LogP contribution is -2.22. The van der Waals surface area contributed by atoms with Gasteiger partial charge in [0.25, 0.3) is 0 Å². The summed E-state index contributed by atoms with van der Waals surface area (Å²) in [6.45, 7) is 3.40. The van der Waals surface area contributed by atoms with Crippen molar-refractivity contribution in [1.82, 2.24) is 15.1 Å². The van der Waals surface area contributed by atoms with Crippen LogP contribution in [0.25, 0.3) is 0 Å². The van der Waals surface area contributed by atoms with Crippen molar-refractivity contribution in [3.05, 3.63) is 47.8 Å². The normalized spacial score (nSPS) is 17.1. The fourth-order valence-electron chi connectivity index (χ4n) is 2.65. The Bertz CT molecular complexity index is 584. The first-order valence-corrected chi connectivity index (χ1v) is 8.29. The van der Waals surface area contributed by atoms with Gasteiger partial charge in [-0.25, -0.2) is 0 Å². The number of methoxy groups -OCH3 is 1. The lowest BCUT2D eigenvalue weighted by Gasteiger charge is -2.14. The van der Waals surface area contributed by atoms with Crippen LogP contribution in [0.4, 0.5) is 0 Å². The highest BCUT2D eigenvalue weighted by molar-refractivity contribution is 7.99. The molecule has 4 nitrogen and oxygen atoms in total. The van der Waals surface area contributed by atoms with Crippen molar-refractivity contribution in [1.29, 1.82) is 0 Å². The van der Waals surface area contributed by atoms with Gasteiger partial charge in [0.05, 0.1) is 12.3 Å². The zero-order valence-corrected chi connectivity index (χ0v) is 13.1. The average molecular weight is 303 g/mol. The summed E-state index contributed by atoms with van der Waals surface area (Å²) in [5.41, 5.74) is 2.71. The van der Waals surface area contributed by atoms with Crippen molar-refractivity contribution in [2.24, 2.45) is 0 Å². The average Bonchev–Trinajstić information content (AvgIpc) is 3.12. The van der Waals surface area contributed by atoms with Crippen molar-refractivity contribution in [3.63, 3.8) is 0 Å². The number of benzene rings is 1. The minimum Gasteiger partial charge on any atom is -0.383 e. The molecule has 1 aromatic carbocycles. The smallest absolute Gasteiger partial charge is 0.0587 e. The van der Waals surface area contributed by atoms with Gasteiger partial charge in [0.15, 0.2) is 0 Å². The van der Waals surface area contributed by atoms with Crippen LogP contribution in [0.1, 0.15) is 17.2 Å². The first-order valence-electron chi connectivity index (χ1n) is 7.30. The van der Waals surface area contributed by atoms with Crippen LogP contribution < -0.4 is 5.32 Å². The molecular weight excluding hydrogens is 282 g/mol. The number of aromatic nitrogens is 2. The third-order valence-electron chi connectivity index (χ3n) is 3.79. The molecule has 0 saturated heterocycles. The number of fused-ring (bicyclic) bond motifs is 1. The van der Waals surface area contributed by atoms with E-state index < -0.39 is 0 Å². The molecule has 1 aliphatic heterocycles. The Kier molecular flexibility index (Phi) is 4.95. The van der Waals surface area contributed by atoms with Gasteiger partial charge in [-0.3, -0.25) is 4.68 Å². The fourth-order valence-corrected chi connectivity index (χ4v) is 3.90. The Hall–Kier alpha value is -1.30. The minimum atomic E-state index is 0.559. The molecule has 0 spiro atoms. The second kappa shape index (κ2) is 7.11. The van der Waals surface area contributed by atoms with E-state index in [-0.39, 0.29) is 0 Å². The van der Waals surface area contributed by atoms with Crippen LogP contribution in [-0.4, -0.2) is 35.8 Å². The Balaban J connectivity index is 1.63. The molecule has 2 aromatic rings. The van der Waals surface area contributed by atoms with Crippen LogP contribution >= 0.6 is 11.8 Å². The summed E-state index contributed by atoms with van der Waals surface area (Å²) in [5.74, 6) is 1.71. The summed E-state index contributed by atoms with van der Waals surface area (Å²) in [4.78, 5) is 1.43. The van der Waals surface area contributed by atoms with E-state index in [2.05, 4.69) is 45.4 Å². The molecule has 5 heteroatoms. The van der Waals surface area contributed by atoms with E-state index in [1.807, 2.05) is 18.0 Å². The van der Waals surface area contributed by atoms with Gasteiger partial charge in [-0.2, -0.15) is 5.10 Å². The van der Waals surface area contributed by atoms with E-state index >= 15 is 0 Å². The van der Waals surface area contributed by atoms with E-state index in [1.165, 1.54) is 16.2 Å². The highest BCUT2D eigenvalue weighted by Gasteiger charge is 2.23. The molecule has 0 radical (unpaired) electrons. The summed E-state index contributed by atoms with van der Waals surface area (Å²) in [6, 6.07) is 10.8. The maximum atomic E-state index is 5.05. The number of nitrogens with zero attached hydrogens (tertiary/aromatic N) is 2. The number of hydrogen-bond donors (Lipinski definition) is 1. The van der Waals surface area contributed by atoms with Crippen molar-refractivity contribution in [2.75, 3.05) is 26.0 Å². The SMILES string of the molecule is COCCNCc1ccnn1CC1CSc2ccccc21. The molecule has 0 amide bonds. The quantitative estimate of drug-likeness (QED) is 0.798. The van der Waals surface area contributed by atoms with E-state index in [4.69, 9.17) is 4.74 Å². The van der Waals surface area contributed by atoms with Crippen LogP contribution in [0.15, 0.2) is 41.4 Å². The Morgan fingerprint density at radius 2 is 2.29 bits per heavy atom. The third kappa shape index (κ3) is 3.48. The van der Waals surface area contributed by atoms with E-state index in [0.717, 1.165) is 32.0 Å². The van der Waals surface area contributed by atoms with Crippen LogP contribution in [0, 0.1) is 0 Å². The van der Waals surface area contributed by atoms with Gasteiger partial charge in [-0.1, -0.05) is 18.2 Å². The molecule has 1 atom stereocenters. The Labute approximate surface area is 129 Å². The maximum Gasteiger partial charge on any atom is 0.0587 e. The summed E-state index contributed by atoms with van der Waals surface area (Å²) in [7, 11) is 1.72. The molecule has 3 rings (SSSR count). The first-order chi connectivity index (χ1) is 10.4. The van der Waals surface area contributed by atoms with E-state index in [0.29, 0.717) is 5.92 Å². The first kappa shape index (κ1) is 14.6. The van der Waals surface area contributed by atoms with Crippen molar-refractivity contribution in [3.8, 4) is 0 Å². The summed E-state index contributed by atoms with van der Waals surface area (Å²) < 4.78 is 7.18. The van der Waals surface area contributed by atoms with E-state index in [9.17, 15) is 0 Å². The van der Waals surface area contributed by atoms with Gasteiger partial charge in [0.2, 0.25) is 0 Å². The highest BCUT2D eigenvalue weighted by Crippen LogP contribution is 2.40. The number of thioether (sulfide) groups is 1. The van der Waals surface area contributed by atoms with Gasteiger partial charge in [0, 0.05) is 49.5 Å². The molecule has 1 aromatic heterocycles. The fraction of sp³-hybridized carbons (Fsp3) is 0.438. The van der Waals surface area contributed by atoms with Crippen molar-refractivity contribution in [2.45, 2.75) is 23.9 Å². The zero-order valence-electron chi connectivity index (χ0n) is 12.3. The van der Waals surface area contributed by atoms with Gasteiger partial charge in [-0.15, -0.1) is 11.8 Å². The number of hydrogen-bond acceptors (Lipinski definition) is 4. The molecule has 0 aliphatic carbocycles. The summed E-state index contributed by atoms with van der Waals surface area (Å²) in [5, 5.41) is 7.87. The predicted octanol–water partition coefficient (Wildman–Crippen LogP) is 2.51. The Morgan fingerprint density at radius 3 is 3.19 bits per heavy atom. The molecule has 21 heavy (non-hydrogen) atoms. The highest BCUT2D eigenvalue weighted by atomic mass is 32.2. The number of nitrogens with one attached hydrogen (secondary N) is 1. The number of ether oxygens (including phenoxy) is 1. The van der Waals surface area contributed by atoms with Gasteiger partial charge >= 0.3 is 0 Å². The number of rotatable bonds is 7. The third-order valence-corrected chi connectivity index (χ3v) is 5.04. The molecule has 1 unspecified atom stereocenters. The van der Waals surface area contributed by atoms with Crippen molar-refractivity contribution < 1.29 is 4.74 Å². The monoisotopic (exact) mass is 303 g/mol. The zero-order chi connectivity index (χ0) is 14.5. The molecule has 0 fully saturated rings. The van der Waals surface area contributed by atoms with Crippen LogP contribution in [0.3, 0.4) is 0 Å². The lowest BCUT2D eigenvalue weighted by atomic mass is 10.0. The van der Waals surface area contributed by atoms with Crippen LogP contribution in [-0.2, 0) is 17.8 Å². The van der Waals surface area contributed by atoms with Crippen LogP contribution in [0.5, 0.6) is 0 Å².